The van der Waals surface area contributed by atoms with Crippen LogP contribution in [0, 0.1) is 5.92 Å². The maximum Gasteiger partial charge on any atom is 0.0651 e. The second-order valence-electron chi connectivity index (χ2n) is 3.97. The Labute approximate surface area is 80.5 Å². The normalized spacial score (nSPS) is 34.5. The fourth-order valence-electron chi connectivity index (χ4n) is 1.83. The van der Waals surface area contributed by atoms with Crippen molar-refractivity contribution in [2.75, 3.05) is 6.61 Å². The van der Waals surface area contributed by atoms with E-state index in [1.54, 1.807) is 0 Å². The number of allylic oxidation sites excluding steroid dienone is 3. The lowest BCUT2D eigenvalue weighted by Crippen LogP contribution is -1.97. The Morgan fingerprint density at radius 2 is 1.69 bits per heavy atom. The maximum absolute atomic E-state index is 5.68. The van der Waals surface area contributed by atoms with Crippen LogP contribution in [0.2, 0.25) is 0 Å². The molecule has 2 rings (SSSR count). The zero-order chi connectivity index (χ0) is 8.93. The third-order valence-corrected chi connectivity index (χ3v) is 2.80. The van der Waals surface area contributed by atoms with Crippen LogP contribution >= 0.6 is 0 Å². The first-order valence-corrected chi connectivity index (χ1v) is 5.38. The van der Waals surface area contributed by atoms with Gasteiger partial charge in [-0.05, 0) is 38.0 Å². The topological polar surface area (TPSA) is 9.23 Å². The average molecular weight is 178 g/mol. The first-order valence-electron chi connectivity index (χ1n) is 5.38. The zero-order valence-electron chi connectivity index (χ0n) is 8.11. The quantitative estimate of drug-likeness (QED) is 0.518. The van der Waals surface area contributed by atoms with E-state index in [4.69, 9.17) is 4.74 Å². The molecule has 1 heteroatoms. The molecule has 0 aromatic carbocycles. The van der Waals surface area contributed by atoms with E-state index in [-0.39, 0.29) is 0 Å². The number of rotatable bonds is 0. The van der Waals surface area contributed by atoms with Gasteiger partial charge in [0.05, 0.1) is 12.7 Å². The molecule has 1 fully saturated rings. The molecule has 1 heterocycles. The van der Waals surface area contributed by atoms with Crippen molar-refractivity contribution in [3.63, 3.8) is 0 Å². The van der Waals surface area contributed by atoms with Gasteiger partial charge in [0.1, 0.15) is 0 Å². The zero-order valence-corrected chi connectivity index (χ0v) is 8.11. The third-order valence-electron chi connectivity index (χ3n) is 2.80. The van der Waals surface area contributed by atoms with Crippen LogP contribution in [-0.4, -0.2) is 12.7 Å². The second-order valence-corrected chi connectivity index (χ2v) is 3.97. The molecule has 13 heavy (non-hydrogen) atoms. The smallest absolute Gasteiger partial charge is 0.0651 e. The summed E-state index contributed by atoms with van der Waals surface area (Å²) in [6.45, 7) is 0.824. The van der Waals surface area contributed by atoms with Gasteiger partial charge >= 0.3 is 0 Å². The molecule has 0 amide bonds. The van der Waals surface area contributed by atoms with E-state index in [0.717, 1.165) is 18.9 Å². The van der Waals surface area contributed by atoms with Crippen molar-refractivity contribution in [3.05, 3.63) is 24.3 Å². The summed E-state index contributed by atoms with van der Waals surface area (Å²) in [5.41, 5.74) is 0. The van der Waals surface area contributed by atoms with Crippen LogP contribution in [-0.2, 0) is 4.74 Å². The minimum absolute atomic E-state index is 0.581. The lowest BCUT2D eigenvalue weighted by Gasteiger charge is -2.00. The molecule has 2 unspecified atom stereocenters. The van der Waals surface area contributed by atoms with Gasteiger partial charge in [0, 0.05) is 0 Å². The molecule has 72 valence electrons. The fraction of sp³-hybridized carbons (Fsp3) is 0.667. The maximum atomic E-state index is 5.68. The molecule has 0 radical (unpaired) electrons. The van der Waals surface area contributed by atoms with E-state index in [1.165, 1.54) is 25.7 Å². The van der Waals surface area contributed by atoms with Gasteiger partial charge in [-0.25, -0.2) is 0 Å². The van der Waals surface area contributed by atoms with Crippen molar-refractivity contribution in [3.8, 4) is 0 Å². The van der Waals surface area contributed by atoms with Crippen molar-refractivity contribution in [2.45, 2.75) is 38.2 Å². The highest BCUT2D eigenvalue weighted by atomic mass is 16.5. The Hall–Kier alpha value is -0.560. The van der Waals surface area contributed by atoms with E-state index in [0.29, 0.717) is 6.10 Å². The Bertz CT molecular complexity index is 183. The lowest BCUT2D eigenvalue weighted by atomic mass is 10.2. The monoisotopic (exact) mass is 178 g/mol. The van der Waals surface area contributed by atoms with Crippen molar-refractivity contribution >= 4 is 0 Å². The Morgan fingerprint density at radius 3 is 2.62 bits per heavy atom. The van der Waals surface area contributed by atoms with Crippen LogP contribution in [0.15, 0.2) is 24.3 Å². The minimum Gasteiger partial charge on any atom is -0.374 e. The molecule has 0 aromatic rings. The molecule has 2 atom stereocenters. The molecule has 1 aliphatic carbocycles. The standard InChI is InChI=1S/C12H18O/c1-2-4-6-8-11-10-12(11)13-9-7-5-3-1/h2,4-5,7,11-12H,1,3,6,8-10H2. The highest BCUT2D eigenvalue weighted by molar-refractivity contribution is 4.94. The lowest BCUT2D eigenvalue weighted by molar-refractivity contribution is 0.134. The van der Waals surface area contributed by atoms with Gasteiger partial charge in [-0.3, -0.25) is 0 Å². The summed E-state index contributed by atoms with van der Waals surface area (Å²) in [5, 5.41) is 0. The van der Waals surface area contributed by atoms with Gasteiger partial charge in [-0.15, -0.1) is 0 Å². The molecule has 1 aliphatic heterocycles. The predicted molar refractivity (Wildman–Crippen MR) is 54.6 cm³/mol. The van der Waals surface area contributed by atoms with Crippen LogP contribution in [0.4, 0.5) is 0 Å². The molecule has 0 aromatic heterocycles. The Balaban J connectivity index is 1.80. The summed E-state index contributed by atoms with van der Waals surface area (Å²) in [7, 11) is 0. The SMILES string of the molecule is C1=CCCC2CC2OCC=CCC1. The van der Waals surface area contributed by atoms with Crippen LogP contribution < -0.4 is 0 Å². The minimum atomic E-state index is 0.581. The summed E-state index contributed by atoms with van der Waals surface area (Å²) in [6, 6.07) is 0. The molecule has 1 nitrogen and oxygen atoms in total. The summed E-state index contributed by atoms with van der Waals surface area (Å²) < 4.78 is 5.68. The van der Waals surface area contributed by atoms with E-state index in [2.05, 4.69) is 24.3 Å². The van der Waals surface area contributed by atoms with Crippen LogP contribution in [0.5, 0.6) is 0 Å². The highest BCUT2D eigenvalue weighted by Crippen LogP contribution is 2.37. The van der Waals surface area contributed by atoms with Gasteiger partial charge in [-0.2, -0.15) is 0 Å². The molecule has 0 saturated heterocycles. The van der Waals surface area contributed by atoms with Gasteiger partial charge in [0.2, 0.25) is 0 Å². The van der Waals surface area contributed by atoms with Gasteiger partial charge in [0.25, 0.3) is 0 Å². The summed E-state index contributed by atoms with van der Waals surface area (Å²) in [6.07, 6.45) is 15.8. The van der Waals surface area contributed by atoms with Crippen molar-refractivity contribution in [1.82, 2.24) is 0 Å². The molecule has 1 saturated carbocycles. The summed E-state index contributed by atoms with van der Waals surface area (Å²) in [4.78, 5) is 0. The number of hydrogen-bond acceptors (Lipinski definition) is 1. The van der Waals surface area contributed by atoms with Crippen molar-refractivity contribution in [1.29, 1.82) is 0 Å². The van der Waals surface area contributed by atoms with E-state index in [9.17, 15) is 0 Å². The summed E-state index contributed by atoms with van der Waals surface area (Å²) in [5.74, 6) is 0.859. The van der Waals surface area contributed by atoms with E-state index < -0.39 is 0 Å². The average Bonchev–Trinajstić information content (AvgIpc) is 2.83. The molecule has 0 bridgehead atoms. The van der Waals surface area contributed by atoms with Crippen LogP contribution in [0.3, 0.4) is 0 Å². The molecular formula is C12H18O. The number of hydrogen-bond donors (Lipinski definition) is 0. The van der Waals surface area contributed by atoms with Gasteiger partial charge < -0.3 is 4.74 Å². The first kappa shape index (κ1) is 9.01. The molecular weight excluding hydrogens is 160 g/mol. The molecule has 0 N–H and O–H groups in total. The van der Waals surface area contributed by atoms with E-state index in [1.807, 2.05) is 0 Å². The molecule has 2 aliphatic rings. The third kappa shape index (κ3) is 3.00. The first-order chi connectivity index (χ1) is 6.47. The number of fused-ring (bicyclic) bond motifs is 1. The Kier molecular flexibility index (Phi) is 3.20. The van der Waals surface area contributed by atoms with Gasteiger partial charge in [-0.1, -0.05) is 24.3 Å². The highest BCUT2D eigenvalue weighted by Gasteiger charge is 2.36. The predicted octanol–water partition coefficient (Wildman–Crippen LogP) is 3.08. The van der Waals surface area contributed by atoms with Crippen molar-refractivity contribution in [2.24, 2.45) is 5.92 Å². The summed E-state index contributed by atoms with van der Waals surface area (Å²) >= 11 is 0. The van der Waals surface area contributed by atoms with Crippen LogP contribution in [0.25, 0.3) is 0 Å². The van der Waals surface area contributed by atoms with Crippen molar-refractivity contribution < 1.29 is 4.74 Å². The van der Waals surface area contributed by atoms with Crippen LogP contribution in [0.1, 0.15) is 32.1 Å². The largest absolute Gasteiger partial charge is 0.374 e. The number of ether oxygens (including phenoxy) is 1. The molecule has 0 spiro atoms. The second kappa shape index (κ2) is 4.61. The van der Waals surface area contributed by atoms with E-state index >= 15 is 0 Å². The Morgan fingerprint density at radius 1 is 0.923 bits per heavy atom. The van der Waals surface area contributed by atoms with Gasteiger partial charge in [0.15, 0.2) is 0 Å². The fourth-order valence-corrected chi connectivity index (χ4v) is 1.83.